The number of likely N-dealkylation sites (tertiary alicyclic amines) is 1. The van der Waals surface area contributed by atoms with Crippen LogP contribution in [0.1, 0.15) is 77.0 Å². The molecule has 0 aromatic rings. The van der Waals surface area contributed by atoms with E-state index in [-0.39, 0.29) is 18.5 Å². The van der Waals surface area contributed by atoms with Crippen LogP contribution < -0.4 is 0 Å². The van der Waals surface area contributed by atoms with Crippen LogP contribution in [0.5, 0.6) is 0 Å². The fourth-order valence-electron chi connectivity index (χ4n) is 8.56. The molecule has 5 aliphatic carbocycles. The lowest BCUT2D eigenvalue weighted by Crippen LogP contribution is -2.62. The van der Waals surface area contributed by atoms with E-state index in [4.69, 9.17) is 0 Å². The van der Waals surface area contributed by atoms with Crippen molar-refractivity contribution in [3.8, 4) is 0 Å². The molecule has 2 heterocycles. The summed E-state index contributed by atoms with van der Waals surface area (Å²) in [5.74, 6) is 0.568. The standard InChI is InChI=1S/C24H33N3O4/c28-20(25-7-3-5-18-4-1-2-6-19(18)25)14-26-21(29)22(30)27(23(26)31)24-11-15-8-16(12-24)10-17(9-15)13-24/h15-19H,1-14H2/t15?,16?,17?,18-,19-,24?/m1/s1. The normalized spacial score (nSPS) is 41.9. The minimum atomic E-state index is -0.800. The largest absolute Gasteiger partial charge is 0.338 e. The second-order valence-corrected chi connectivity index (χ2v) is 11.3. The van der Waals surface area contributed by atoms with Gasteiger partial charge in [0.15, 0.2) is 0 Å². The van der Waals surface area contributed by atoms with Gasteiger partial charge in [-0.15, -0.1) is 0 Å². The van der Waals surface area contributed by atoms with Crippen molar-refractivity contribution in [2.75, 3.05) is 13.1 Å². The van der Waals surface area contributed by atoms with Crippen LogP contribution in [0.25, 0.3) is 0 Å². The summed E-state index contributed by atoms with van der Waals surface area (Å²) in [6.07, 6.45) is 12.8. The van der Waals surface area contributed by atoms with Gasteiger partial charge in [0, 0.05) is 12.6 Å². The Balaban J connectivity index is 1.21. The van der Waals surface area contributed by atoms with Crippen molar-refractivity contribution >= 4 is 23.8 Å². The molecule has 2 aliphatic heterocycles. The second kappa shape index (κ2) is 7.04. The lowest BCUT2D eigenvalue weighted by molar-refractivity contribution is -0.150. The Hall–Kier alpha value is -1.92. The van der Waals surface area contributed by atoms with Crippen LogP contribution in [0, 0.1) is 23.7 Å². The maximum absolute atomic E-state index is 13.4. The minimum absolute atomic E-state index is 0.168. The smallest absolute Gasteiger partial charge is 0.335 e. The summed E-state index contributed by atoms with van der Waals surface area (Å²) in [7, 11) is 0. The number of hydrogen-bond donors (Lipinski definition) is 0. The molecule has 7 nitrogen and oxygen atoms in total. The summed E-state index contributed by atoms with van der Waals surface area (Å²) < 4.78 is 0. The molecular formula is C24H33N3O4. The summed E-state index contributed by atoms with van der Waals surface area (Å²) in [6, 6.07) is -0.305. The number of urea groups is 1. The monoisotopic (exact) mass is 427 g/mol. The quantitative estimate of drug-likeness (QED) is 0.513. The number of nitrogens with zero attached hydrogens (tertiary/aromatic N) is 3. The Morgan fingerprint density at radius 2 is 1.45 bits per heavy atom. The second-order valence-electron chi connectivity index (χ2n) is 11.3. The van der Waals surface area contributed by atoms with E-state index >= 15 is 0 Å². The van der Waals surface area contributed by atoms with Crippen molar-refractivity contribution < 1.29 is 19.2 Å². The molecule has 0 N–H and O–H groups in total. The SMILES string of the molecule is O=C1C(=O)N(C23CC4CC(CC(C4)C2)C3)C(=O)N1CC(=O)N1CCC[C@H]2CCCC[C@H]21. The summed E-state index contributed by atoms with van der Waals surface area (Å²) >= 11 is 0. The van der Waals surface area contributed by atoms with Crippen molar-refractivity contribution in [1.29, 1.82) is 0 Å². The van der Waals surface area contributed by atoms with Crippen molar-refractivity contribution in [3.63, 3.8) is 0 Å². The predicted octanol–water partition coefficient (Wildman–Crippen LogP) is 2.93. The number of rotatable bonds is 3. The molecule has 2 saturated heterocycles. The number of fused-ring (bicyclic) bond motifs is 1. The molecule has 31 heavy (non-hydrogen) atoms. The Bertz CT molecular complexity index is 801. The Morgan fingerprint density at radius 3 is 2.13 bits per heavy atom. The molecule has 0 aromatic carbocycles. The zero-order valence-electron chi connectivity index (χ0n) is 18.3. The summed E-state index contributed by atoms with van der Waals surface area (Å²) in [4.78, 5) is 56.6. The number of imide groups is 2. The van der Waals surface area contributed by atoms with Crippen LogP contribution in [0.15, 0.2) is 0 Å². The molecule has 7 heteroatoms. The highest BCUT2D eigenvalue weighted by molar-refractivity contribution is 6.45. The van der Waals surface area contributed by atoms with E-state index in [0.717, 1.165) is 56.3 Å². The first-order valence-electron chi connectivity index (χ1n) is 12.4. The average Bonchev–Trinajstić information content (AvgIpc) is 2.96. The first-order valence-corrected chi connectivity index (χ1v) is 12.4. The van der Waals surface area contributed by atoms with Gasteiger partial charge in [0.1, 0.15) is 6.54 Å². The molecule has 4 bridgehead atoms. The van der Waals surface area contributed by atoms with Gasteiger partial charge in [-0.25, -0.2) is 14.6 Å². The third-order valence-electron chi connectivity index (χ3n) is 9.39. The van der Waals surface area contributed by atoms with E-state index in [9.17, 15) is 19.2 Å². The number of piperidine rings is 1. The van der Waals surface area contributed by atoms with Gasteiger partial charge in [-0.05, 0) is 87.9 Å². The zero-order chi connectivity index (χ0) is 21.3. The minimum Gasteiger partial charge on any atom is -0.338 e. The van der Waals surface area contributed by atoms with Crippen molar-refractivity contribution in [2.24, 2.45) is 23.7 Å². The molecule has 168 valence electrons. The van der Waals surface area contributed by atoms with Crippen LogP contribution >= 0.6 is 0 Å². The van der Waals surface area contributed by atoms with Crippen LogP contribution in [0.2, 0.25) is 0 Å². The topological polar surface area (TPSA) is 78.0 Å². The Morgan fingerprint density at radius 1 is 0.839 bits per heavy atom. The van der Waals surface area contributed by atoms with Gasteiger partial charge in [0.25, 0.3) is 0 Å². The lowest BCUT2D eigenvalue weighted by Gasteiger charge is -2.58. The Kier molecular flexibility index (Phi) is 4.48. The van der Waals surface area contributed by atoms with Gasteiger partial charge in [0.05, 0.1) is 5.54 Å². The Labute approximate surface area is 183 Å². The molecule has 0 aromatic heterocycles. The van der Waals surface area contributed by atoms with Crippen LogP contribution in [0.3, 0.4) is 0 Å². The molecule has 7 fully saturated rings. The molecule has 2 atom stereocenters. The maximum atomic E-state index is 13.4. The number of hydrogen-bond acceptors (Lipinski definition) is 4. The molecule has 0 spiro atoms. The van der Waals surface area contributed by atoms with Gasteiger partial charge >= 0.3 is 17.8 Å². The van der Waals surface area contributed by atoms with Crippen molar-refractivity contribution in [2.45, 2.75) is 88.6 Å². The van der Waals surface area contributed by atoms with Gasteiger partial charge in [0.2, 0.25) is 5.91 Å². The molecule has 0 unspecified atom stereocenters. The molecule has 0 radical (unpaired) electrons. The van der Waals surface area contributed by atoms with E-state index in [0.29, 0.717) is 30.2 Å². The van der Waals surface area contributed by atoms with Crippen LogP contribution in [-0.4, -0.2) is 63.1 Å². The maximum Gasteiger partial charge on any atom is 0.335 e. The number of amides is 5. The molecule has 7 rings (SSSR count). The molecule has 5 amide bonds. The van der Waals surface area contributed by atoms with Gasteiger partial charge in [-0.3, -0.25) is 14.4 Å². The van der Waals surface area contributed by atoms with Gasteiger partial charge in [-0.1, -0.05) is 12.8 Å². The van der Waals surface area contributed by atoms with E-state index in [2.05, 4.69) is 0 Å². The third kappa shape index (κ3) is 2.98. The summed E-state index contributed by atoms with van der Waals surface area (Å²) in [5, 5.41) is 0. The molecule has 5 saturated carbocycles. The number of carbonyl (C=O) groups is 4. The molecular weight excluding hydrogens is 394 g/mol. The first kappa shape index (κ1) is 19.7. The van der Waals surface area contributed by atoms with Gasteiger partial charge < -0.3 is 4.90 Å². The first-order chi connectivity index (χ1) is 14.9. The van der Waals surface area contributed by atoms with Crippen molar-refractivity contribution in [3.05, 3.63) is 0 Å². The highest BCUT2D eigenvalue weighted by atomic mass is 16.2. The van der Waals surface area contributed by atoms with Gasteiger partial charge in [-0.2, -0.15) is 0 Å². The zero-order valence-corrected chi connectivity index (χ0v) is 18.3. The van der Waals surface area contributed by atoms with Crippen LogP contribution in [0.4, 0.5) is 4.79 Å². The van der Waals surface area contributed by atoms with E-state index in [1.165, 1.54) is 30.6 Å². The van der Waals surface area contributed by atoms with E-state index in [1.807, 2.05) is 4.90 Å². The fourth-order valence-corrected chi connectivity index (χ4v) is 8.56. The van der Waals surface area contributed by atoms with Crippen molar-refractivity contribution in [1.82, 2.24) is 14.7 Å². The predicted molar refractivity (Wildman–Crippen MR) is 112 cm³/mol. The average molecular weight is 428 g/mol. The third-order valence-corrected chi connectivity index (χ3v) is 9.39. The fraction of sp³-hybridized carbons (Fsp3) is 0.833. The van der Waals surface area contributed by atoms with E-state index < -0.39 is 23.4 Å². The van der Waals surface area contributed by atoms with Crippen LogP contribution in [-0.2, 0) is 14.4 Å². The number of carbonyl (C=O) groups excluding carboxylic acids is 4. The highest BCUT2D eigenvalue weighted by Gasteiger charge is 2.61. The highest BCUT2D eigenvalue weighted by Crippen LogP contribution is 2.58. The van der Waals surface area contributed by atoms with E-state index in [1.54, 1.807) is 0 Å². The molecule has 7 aliphatic rings. The summed E-state index contributed by atoms with van der Waals surface area (Å²) in [6.45, 7) is 0.415. The lowest BCUT2D eigenvalue weighted by atomic mass is 9.52. The summed E-state index contributed by atoms with van der Waals surface area (Å²) in [5.41, 5.74) is -0.490.